The van der Waals surface area contributed by atoms with Gasteiger partial charge in [-0.3, -0.25) is 4.79 Å². The Bertz CT molecular complexity index is 1030. The Labute approximate surface area is 165 Å². The molecule has 136 valence electrons. The lowest BCUT2D eigenvalue weighted by Crippen LogP contribution is -2.46. The molecule has 0 unspecified atom stereocenters. The number of hydrogen-bond acceptors (Lipinski definition) is 2. The number of rotatable bonds is 5. The average Bonchev–Trinajstić information content (AvgIpc) is 2.80. The molecule has 4 aromatic carbocycles. The Balaban J connectivity index is 1.92. The van der Waals surface area contributed by atoms with Crippen LogP contribution in [0.2, 0.25) is 0 Å². The van der Waals surface area contributed by atoms with Crippen LogP contribution in [0.3, 0.4) is 0 Å². The van der Waals surface area contributed by atoms with Crippen LogP contribution in [0.4, 0.5) is 0 Å². The Hall–Kier alpha value is -3.49. The third kappa shape index (κ3) is 3.15. The van der Waals surface area contributed by atoms with Crippen LogP contribution in [0.25, 0.3) is 11.1 Å². The summed E-state index contributed by atoms with van der Waals surface area (Å²) in [6, 6.07) is 36.8. The summed E-state index contributed by atoms with van der Waals surface area (Å²) in [5.41, 5.74) is 9.68. The van der Waals surface area contributed by atoms with Gasteiger partial charge in [-0.15, -0.1) is 0 Å². The molecule has 0 fully saturated rings. The minimum atomic E-state index is -1.27. The first-order chi connectivity index (χ1) is 13.7. The summed E-state index contributed by atoms with van der Waals surface area (Å²) in [6.45, 7) is 0. The first-order valence-corrected chi connectivity index (χ1v) is 9.30. The molecule has 0 amide bonds. The quantitative estimate of drug-likeness (QED) is 0.480. The maximum atomic E-state index is 13.9. The van der Waals surface area contributed by atoms with E-state index in [1.165, 1.54) is 0 Å². The summed E-state index contributed by atoms with van der Waals surface area (Å²) in [5.74, 6) is -0.121. The van der Waals surface area contributed by atoms with E-state index in [0.717, 1.165) is 22.3 Å². The summed E-state index contributed by atoms with van der Waals surface area (Å²) in [7, 11) is 0. The van der Waals surface area contributed by atoms with Crippen molar-refractivity contribution in [1.82, 2.24) is 0 Å². The highest BCUT2D eigenvalue weighted by atomic mass is 16.1. The predicted molar refractivity (Wildman–Crippen MR) is 114 cm³/mol. The lowest BCUT2D eigenvalue weighted by Gasteiger charge is -2.30. The zero-order valence-corrected chi connectivity index (χ0v) is 15.5. The highest BCUT2D eigenvalue weighted by Crippen LogP contribution is 2.34. The second-order valence-corrected chi connectivity index (χ2v) is 6.78. The van der Waals surface area contributed by atoms with Crippen molar-refractivity contribution in [3.63, 3.8) is 0 Å². The molecule has 0 aliphatic carbocycles. The van der Waals surface area contributed by atoms with Crippen molar-refractivity contribution < 1.29 is 4.79 Å². The van der Waals surface area contributed by atoms with Gasteiger partial charge in [-0.1, -0.05) is 115 Å². The highest BCUT2D eigenvalue weighted by Gasteiger charge is 2.39. The fourth-order valence-corrected chi connectivity index (χ4v) is 3.59. The summed E-state index contributed by atoms with van der Waals surface area (Å²) in [6.07, 6.45) is 0. The zero-order valence-electron chi connectivity index (χ0n) is 15.5. The summed E-state index contributed by atoms with van der Waals surface area (Å²) in [5, 5.41) is 0. The zero-order chi connectivity index (χ0) is 19.4. The number of benzene rings is 4. The molecule has 0 aliphatic rings. The smallest absolute Gasteiger partial charge is 0.192 e. The molecule has 0 aliphatic heterocycles. The topological polar surface area (TPSA) is 43.1 Å². The highest BCUT2D eigenvalue weighted by molar-refractivity contribution is 6.10. The lowest BCUT2D eigenvalue weighted by atomic mass is 9.76. The van der Waals surface area contributed by atoms with Gasteiger partial charge in [0.15, 0.2) is 5.78 Å². The molecular weight excluding hydrogens is 342 g/mol. The van der Waals surface area contributed by atoms with E-state index >= 15 is 0 Å². The van der Waals surface area contributed by atoms with Gasteiger partial charge in [-0.05, 0) is 22.3 Å². The standard InChI is InChI=1S/C26H21NO/c27-26(21-14-6-2-7-15-21,22-16-8-3-9-17-22)25(28)24-19-11-10-18-23(24)20-12-4-1-5-13-20/h1-19H,27H2. The average molecular weight is 363 g/mol. The minimum absolute atomic E-state index is 0.121. The third-order valence-electron chi connectivity index (χ3n) is 5.07. The SMILES string of the molecule is NC(C(=O)c1ccccc1-c1ccccc1)(c1ccccc1)c1ccccc1. The largest absolute Gasteiger partial charge is 0.311 e. The van der Waals surface area contributed by atoms with Gasteiger partial charge in [0.25, 0.3) is 0 Å². The number of carbonyl (C=O) groups excluding carboxylic acids is 1. The Morgan fingerprint density at radius 1 is 0.571 bits per heavy atom. The van der Waals surface area contributed by atoms with Crippen LogP contribution in [0.5, 0.6) is 0 Å². The summed E-state index contributed by atoms with van der Waals surface area (Å²) < 4.78 is 0. The first kappa shape index (κ1) is 17.9. The Morgan fingerprint density at radius 2 is 1.00 bits per heavy atom. The molecule has 4 aromatic rings. The fourth-order valence-electron chi connectivity index (χ4n) is 3.59. The van der Waals surface area contributed by atoms with Crippen LogP contribution in [-0.2, 0) is 5.54 Å². The maximum Gasteiger partial charge on any atom is 0.192 e. The molecule has 2 N–H and O–H groups in total. The van der Waals surface area contributed by atoms with Gasteiger partial charge in [-0.2, -0.15) is 0 Å². The Morgan fingerprint density at radius 3 is 1.54 bits per heavy atom. The summed E-state index contributed by atoms with van der Waals surface area (Å²) >= 11 is 0. The molecule has 0 bridgehead atoms. The molecule has 0 aromatic heterocycles. The van der Waals surface area contributed by atoms with E-state index < -0.39 is 5.54 Å². The lowest BCUT2D eigenvalue weighted by molar-refractivity contribution is 0.0915. The van der Waals surface area contributed by atoms with Crippen molar-refractivity contribution >= 4 is 5.78 Å². The van der Waals surface area contributed by atoms with Crippen LogP contribution >= 0.6 is 0 Å². The van der Waals surface area contributed by atoms with E-state index in [9.17, 15) is 4.79 Å². The van der Waals surface area contributed by atoms with E-state index in [0.29, 0.717) is 5.56 Å². The number of nitrogens with two attached hydrogens (primary N) is 1. The first-order valence-electron chi connectivity index (χ1n) is 9.30. The number of ketones is 1. The third-order valence-corrected chi connectivity index (χ3v) is 5.07. The van der Waals surface area contributed by atoms with Gasteiger partial charge in [0.05, 0.1) is 0 Å². The van der Waals surface area contributed by atoms with Gasteiger partial charge in [-0.25, -0.2) is 0 Å². The van der Waals surface area contributed by atoms with E-state index in [1.807, 2.05) is 115 Å². The molecule has 0 saturated heterocycles. The van der Waals surface area contributed by atoms with Gasteiger partial charge in [0, 0.05) is 5.56 Å². The molecular formula is C26H21NO. The predicted octanol–water partition coefficient (Wildman–Crippen LogP) is 5.44. The number of hydrogen-bond donors (Lipinski definition) is 1. The summed E-state index contributed by atoms with van der Waals surface area (Å²) in [4.78, 5) is 13.9. The monoisotopic (exact) mass is 363 g/mol. The normalized spacial score (nSPS) is 11.2. The van der Waals surface area contributed by atoms with E-state index in [1.54, 1.807) is 0 Å². The van der Waals surface area contributed by atoms with Crippen LogP contribution in [0.15, 0.2) is 115 Å². The fraction of sp³-hybridized carbons (Fsp3) is 0.0385. The van der Waals surface area contributed by atoms with E-state index in [4.69, 9.17) is 5.73 Å². The van der Waals surface area contributed by atoms with Crippen molar-refractivity contribution in [3.8, 4) is 11.1 Å². The van der Waals surface area contributed by atoms with E-state index in [-0.39, 0.29) is 5.78 Å². The van der Waals surface area contributed by atoms with Crippen LogP contribution in [0, 0.1) is 0 Å². The second-order valence-electron chi connectivity index (χ2n) is 6.78. The van der Waals surface area contributed by atoms with E-state index in [2.05, 4.69) is 0 Å². The minimum Gasteiger partial charge on any atom is -0.311 e. The van der Waals surface area contributed by atoms with Gasteiger partial charge >= 0.3 is 0 Å². The number of carbonyl (C=O) groups is 1. The molecule has 0 radical (unpaired) electrons. The van der Waals surface area contributed by atoms with Crippen LogP contribution in [0.1, 0.15) is 21.5 Å². The number of Topliss-reactive ketones (excluding diaryl/α,β-unsaturated/α-hetero) is 1. The van der Waals surface area contributed by atoms with Crippen molar-refractivity contribution in [3.05, 3.63) is 132 Å². The molecule has 0 spiro atoms. The van der Waals surface area contributed by atoms with Gasteiger partial charge < -0.3 is 5.73 Å². The van der Waals surface area contributed by atoms with Gasteiger partial charge in [0.2, 0.25) is 0 Å². The van der Waals surface area contributed by atoms with Crippen molar-refractivity contribution in [2.75, 3.05) is 0 Å². The maximum absolute atomic E-state index is 13.9. The van der Waals surface area contributed by atoms with Crippen molar-refractivity contribution in [2.45, 2.75) is 5.54 Å². The molecule has 0 heterocycles. The molecule has 0 atom stereocenters. The molecule has 28 heavy (non-hydrogen) atoms. The molecule has 4 rings (SSSR count). The molecule has 2 heteroatoms. The second kappa shape index (κ2) is 7.63. The molecule has 0 saturated carbocycles. The van der Waals surface area contributed by atoms with Crippen LogP contribution in [-0.4, -0.2) is 5.78 Å². The van der Waals surface area contributed by atoms with Crippen molar-refractivity contribution in [1.29, 1.82) is 0 Å². The van der Waals surface area contributed by atoms with Gasteiger partial charge in [0.1, 0.15) is 5.54 Å². The van der Waals surface area contributed by atoms with Crippen molar-refractivity contribution in [2.24, 2.45) is 5.73 Å². The molecule has 2 nitrogen and oxygen atoms in total. The Kier molecular flexibility index (Phi) is 4.88. The van der Waals surface area contributed by atoms with Crippen LogP contribution < -0.4 is 5.73 Å².